The number of nitrogens with one attached hydrogen (secondary N) is 1. The highest BCUT2D eigenvalue weighted by molar-refractivity contribution is 5.79. The van der Waals surface area contributed by atoms with Crippen molar-refractivity contribution >= 4 is 5.91 Å². The van der Waals surface area contributed by atoms with E-state index in [2.05, 4.69) is 5.32 Å². The van der Waals surface area contributed by atoms with Gasteiger partial charge in [0.1, 0.15) is 0 Å². The number of carbonyl (C=O) groups is 1. The van der Waals surface area contributed by atoms with Gasteiger partial charge in [-0.05, 0) is 56.3 Å². The molecular weight excluding hydrogens is 274 g/mol. The minimum Gasteiger partial charge on any atom is -0.352 e. The average Bonchev–Trinajstić information content (AvgIpc) is 2.53. The molecule has 0 aromatic carbocycles. The largest absolute Gasteiger partial charge is 0.352 e. The summed E-state index contributed by atoms with van der Waals surface area (Å²) >= 11 is 0. The first-order valence-electron chi connectivity index (χ1n) is 9.45. The summed E-state index contributed by atoms with van der Waals surface area (Å²) in [5.41, 5.74) is 12.3. The van der Waals surface area contributed by atoms with Crippen LogP contribution in [-0.2, 0) is 4.79 Å². The Bertz CT molecular complexity index is 367. The highest BCUT2D eigenvalue weighted by Crippen LogP contribution is 2.42. The van der Waals surface area contributed by atoms with Gasteiger partial charge in [-0.15, -0.1) is 0 Å². The van der Waals surface area contributed by atoms with E-state index >= 15 is 0 Å². The van der Waals surface area contributed by atoms with Gasteiger partial charge in [0.15, 0.2) is 0 Å². The molecule has 3 unspecified atom stereocenters. The Morgan fingerprint density at radius 1 is 1.00 bits per heavy atom. The van der Waals surface area contributed by atoms with Crippen LogP contribution in [-0.4, -0.2) is 24.5 Å². The van der Waals surface area contributed by atoms with Gasteiger partial charge in [0, 0.05) is 24.5 Å². The summed E-state index contributed by atoms with van der Waals surface area (Å²) in [7, 11) is 0. The second-order valence-electron chi connectivity index (χ2n) is 7.95. The molecule has 4 nitrogen and oxygen atoms in total. The number of amides is 1. The molecular formula is C18H33N3O. The van der Waals surface area contributed by atoms with Crippen molar-refractivity contribution in [2.45, 2.75) is 76.3 Å². The zero-order valence-electron chi connectivity index (χ0n) is 13.8. The van der Waals surface area contributed by atoms with E-state index in [1.54, 1.807) is 0 Å². The van der Waals surface area contributed by atoms with Crippen LogP contribution in [0.25, 0.3) is 0 Å². The van der Waals surface area contributed by atoms with Gasteiger partial charge in [0.05, 0.1) is 0 Å². The summed E-state index contributed by atoms with van der Waals surface area (Å²) in [6, 6.07) is 0.518. The van der Waals surface area contributed by atoms with Gasteiger partial charge in [-0.3, -0.25) is 4.79 Å². The van der Waals surface area contributed by atoms with Crippen LogP contribution >= 0.6 is 0 Å². The molecule has 0 aliphatic heterocycles. The Kier molecular flexibility index (Phi) is 5.40. The third kappa shape index (κ3) is 3.48. The van der Waals surface area contributed by atoms with E-state index in [-0.39, 0.29) is 17.9 Å². The van der Waals surface area contributed by atoms with Crippen molar-refractivity contribution in [2.24, 2.45) is 35.1 Å². The van der Waals surface area contributed by atoms with Crippen molar-refractivity contribution in [1.29, 1.82) is 0 Å². The molecule has 2 bridgehead atoms. The zero-order valence-corrected chi connectivity index (χ0v) is 13.8. The molecule has 0 aromatic rings. The summed E-state index contributed by atoms with van der Waals surface area (Å²) in [6.07, 6.45) is 12.1. The molecule has 4 heteroatoms. The number of carbonyl (C=O) groups excluding carboxylic acids is 1. The van der Waals surface area contributed by atoms with Gasteiger partial charge in [-0.2, -0.15) is 0 Å². The molecule has 0 aromatic heterocycles. The molecule has 5 N–H and O–H groups in total. The second-order valence-corrected chi connectivity index (χ2v) is 7.95. The summed E-state index contributed by atoms with van der Waals surface area (Å²) in [4.78, 5) is 12.7. The van der Waals surface area contributed by atoms with Crippen LogP contribution in [0.15, 0.2) is 0 Å². The standard InChI is InChI=1S/C18H33N3O/c19-11-16(12-5-2-1-3-6-12)21-18(22)15-9-13-7-4-8-14(10-15)17(13)20/h12-17H,1-11,19-20H2,(H,21,22). The van der Waals surface area contributed by atoms with Crippen molar-refractivity contribution in [3.05, 3.63) is 0 Å². The Balaban J connectivity index is 1.56. The van der Waals surface area contributed by atoms with E-state index in [1.807, 2.05) is 0 Å². The third-order valence-corrected chi connectivity index (χ3v) is 6.58. The molecule has 0 spiro atoms. The molecule has 0 radical (unpaired) electrons. The molecule has 3 aliphatic rings. The van der Waals surface area contributed by atoms with E-state index in [9.17, 15) is 4.79 Å². The van der Waals surface area contributed by atoms with Gasteiger partial charge < -0.3 is 16.8 Å². The van der Waals surface area contributed by atoms with Crippen molar-refractivity contribution in [1.82, 2.24) is 5.32 Å². The van der Waals surface area contributed by atoms with E-state index in [0.29, 0.717) is 30.3 Å². The Morgan fingerprint density at radius 2 is 1.64 bits per heavy atom. The molecule has 126 valence electrons. The van der Waals surface area contributed by atoms with Crippen LogP contribution in [0, 0.1) is 23.7 Å². The summed E-state index contributed by atoms with van der Waals surface area (Å²) in [5.74, 6) is 2.15. The van der Waals surface area contributed by atoms with E-state index in [1.165, 1.54) is 51.4 Å². The van der Waals surface area contributed by atoms with Gasteiger partial charge in [0.25, 0.3) is 0 Å². The fourth-order valence-corrected chi connectivity index (χ4v) is 5.21. The van der Waals surface area contributed by atoms with E-state index in [4.69, 9.17) is 11.5 Å². The fourth-order valence-electron chi connectivity index (χ4n) is 5.21. The third-order valence-electron chi connectivity index (χ3n) is 6.58. The van der Waals surface area contributed by atoms with Crippen LogP contribution in [0.2, 0.25) is 0 Å². The minimum absolute atomic E-state index is 0.174. The molecule has 3 rings (SSSR count). The Morgan fingerprint density at radius 3 is 2.23 bits per heavy atom. The van der Waals surface area contributed by atoms with Crippen molar-refractivity contribution in [3.63, 3.8) is 0 Å². The Hall–Kier alpha value is -0.610. The lowest BCUT2D eigenvalue weighted by molar-refractivity contribution is -0.129. The predicted molar refractivity (Wildman–Crippen MR) is 89.1 cm³/mol. The van der Waals surface area contributed by atoms with Gasteiger partial charge in [-0.1, -0.05) is 25.7 Å². The van der Waals surface area contributed by atoms with Gasteiger partial charge in [-0.25, -0.2) is 0 Å². The normalized spacial score (nSPS) is 37.5. The smallest absolute Gasteiger partial charge is 0.223 e. The van der Waals surface area contributed by atoms with Crippen molar-refractivity contribution in [2.75, 3.05) is 6.54 Å². The highest BCUT2D eigenvalue weighted by atomic mass is 16.1. The molecule has 3 atom stereocenters. The number of rotatable bonds is 4. The molecule has 3 aliphatic carbocycles. The van der Waals surface area contributed by atoms with E-state index in [0.717, 1.165) is 12.8 Å². The van der Waals surface area contributed by atoms with Gasteiger partial charge in [0.2, 0.25) is 5.91 Å². The highest BCUT2D eigenvalue weighted by Gasteiger charge is 2.41. The number of nitrogens with two attached hydrogens (primary N) is 2. The minimum atomic E-state index is 0.174. The lowest BCUT2D eigenvalue weighted by Gasteiger charge is -2.44. The summed E-state index contributed by atoms with van der Waals surface area (Å²) < 4.78 is 0. The first kappa shape index (κ1) is 16.3. The maximum atomic E-state index is 12.7. The maximum Gasteiger partial charge on any atom is 0.223 e. The molecule has 0 heterocycles. The van der Waals surface area contributed by atoms with E-state index < -0.39 is 0 Å². The first-order chi connectivity index (χ1) is 10.7. The predicted octanol–water partition coefficient (Wildman–Crippen LogP) is 2.16. The van der Waals surface area contributed by atoms with Crippen LogP contribution in [0.5, 0.6) is 0 Å². The monoisotopic (exact) mass is 307 g/mol. The van der Waals surface area contributed by atoms with Crippen molar-refractivity contribution in [3.8, 4) is 0 Å². The quantitative estimate of drug-likeness (QED) is 0.744. The zero-order chi connectivity index (χ0) is 15.5. The van der Waals surface area contributed by atoms with Crippen LogP contribution in [0.1, 0.15) is 64.2 Å². The number of fused-ring (bicyclic) bond motifs is 2. The molecule has 3 saturated carbocycles. The topological polar surface area (TPSA) is 81.1 Å². The molecule has 0 saturated heterocycles. The first-order valence-corrected chi connectivity index (χ1v) is 9.45. The fraction of sp³-hybridized carbons (Fsp3) is 0.944. The van der Waals surface area contributed by atoms with Crippen LogP contribution in [0.3, 0.4) is 0 Å². The van der Waals surface area contributed by atoms with Crippen LogP contribution < -0.4 is 16.8 Å². The van der Waals surface area contributed by atoms with Gasteiger partial charge >= 0.3 is 0 Å². The number of hydrogen-bond donors (Lipinski definition) is 3. The summed E-state index contributed by atoms with van der Waals surface area (Å²) in [5, 5.41) is 3.31. The molecule has 22 heavy (non-hydrogen) atoms. The summed E-state index contributed by atoms with van der Waals surface area (Å²) in [6.45, 7) is 0.579. The molecule has 3 fully saturated rings. The second kappa shape index (κ2) is 7.31. The SMILES string of the molecule is NCC(NC(=O)C1CC2CCCC(C1)C2N)C1CCCCC1. The lowest BCUT2D eigenvalue weighted by atomic mass is 9.65. The molecule has 1 amide bonds. The van der Waals surface area contributed by atoms with Crippen LogP contribution in [0.4, 0.5) is 0 Å². The maximum absolute atomic E-state index is 12.7. The van der Waals surface area contributed by atoms with Crippen molar-refractivity contribution < 1.29 is 4.79 Å². The average molecular weight is 307 g/mol. The lowest BCUT2D eigenvalue weighted by Crippen LogP contribution is -2.52. The number of hydrogen-bond acceptors (Lipinski definition) is 3. The Labute approximate surface area is 134 Å².